The highest BCUT2D eigenvalue weighted by molar-refractivity contribution is 7.92. The van der Waals surface area contributed by atoms with Gasteiger partial charge in [-0.15, -0.1) is 0 Å². The molecule has 0 saturated heterocycles. The molecule has 0 bridgehead atoms. The Hall–Kier alpha value is -3.56. The molecule has 10 heteroatoms. The van der Waals surface area contributed by atoms with Crippen LogP contribution < -0.4 is 19.9 Å². The van der Waals surface area contributed by atoms with E-state index in [1.54, 1.807) is 49.4 Å². The number of carbonyl (C=O) groups is 2. The number of rotatable bonds is 6. The van der Waals surface area contributed by atoms with E-state index in [9.17, 15) is 18.0 Å². The molecular weight excluding hydrogens is 466 g/mol. The zero-order valence-corrected chi connectivity index (χ0v) is 19.7. The van der Waals surface area contributed by atoms with Crippen LogP contribution in [0.15, 0.2) is 71.6 Å². The fraction of sp³-hybridized carbons (Fsp3) is 0.130. The van der Waals surface area contributed by atoms with Gasteiger partial charge < -0.3 is 4.74 Å². The number of carbonyl (C=O) groups excluding carboxylic acids is 2. The van der Waals surface area contributed by atoms with Gasteiger partial charge in [-0.2, -0.15) is 0 Å². The molecule has 0 aliphatic rings. The highest BCUT2D eigenvalue weighted by atomic mass is 35.5. The number of methoxy groups -OCH3 is 1. The minimum atomic E-state index is -4.01. The number of nitrogens with one attached hydrogen (secondary N) is 2. The molecule has 2 N–H and O–H groups in total. The van der Waals surface area contributed by atoms with Gasteiger partial charge in [-0.05, 0) is 48.9 Å². The van der Waals surface area contributed by atoms with Crippen molar-refractivity contribution in [3.8, 4) is 5.75 Å². The van der Waals surface area contributed by atoms with Gasteiger partial charge in [0.2, 0.25) is 0 Å². The van der Waals surface area contributed by atoms with E-state index in [1.165, 1.54) is 38.4 Å². The highest BCUT2D eigenvalue weighted by Crippen LogP contribution is 2.31. The van der Waals surface area contributed by atoms with Crippen molar-refractivity contribution in [2.24, 2.45) is 0 Å². The van der Waals surface area contributed by atoms with Crippen molar-refractivity contribution < 1.29 is 22.7 Å². The Balaban J connectivity index is 1.84. The molecule has 3 aromatic rings. The second-order valence-corrected chi connectivity index (χ2v) is 9.39. The quantitative estimate of drug-likeness (QED) is 0.517. The molecule has 0 atom stereocenters. The number of hydrogen-bond acceptors (Lipinski definition) is 5. The minimum absolute atomic E-state index is 0.0870. The van der Waals surface area contributed by atoms with Crippen molar-refractivity contribution in [2.45, 2.75) is 11.8 Å². The van der Waals surface area contributed by atoms with Gasteiger partial charge in [0.15, 0.2) is 0 Å². The van der Waals surface area contributed by atoms with Gasteiger partial charge in [0, 0.05) is 12.6 Å². The Morgan fingerprint density at radius 2 is 1.52 bits per heavy atom. The van der Waals surface area contributed by atoms with E-state index in [0.29, 0.717) is 17.0 Å². The van der Waals surface area contributed by atoms with E-state index in [1.807, 2.05) is 0 Å². The number of nitrogens with zero attached hydrogens (tertiary/aromatic N) is 1. The molecule has 0 aliphatic carbocycles. The third kappa shape index (κ3) is 5.10. The summed E-state index contributed by atoms with van der Waals surface area (Å²) in [7, 11) is -1.16. The lowest BCUT2D eigenvalue weighted by atomic mass is 10.1. The standard InChI is InChI=1S/C23H22ClN3O5S/c1-15-12-13-16(33(30,31)27(2)20-10-6-7-11-21(20)32-3)14-18(15)23(29)26-25-22(28)17-8-4-5-9-19(17)24/h4-14H,1-3H3,(H,25,28)(H,26,29). The molecule has 0 fully saturated rings. The molecule has 0 heterocycles. The Morgan fingerprint density at radius 3 is 2.18 bits per heavy atom. The smallest absolute Gasteiger partial charge is 0.271 e. The molecule has 0 aliphatic heterocycles. The van der Waals surface area contributed by atoms with Crippen LogP contribution >= 0.6 is 11.6 Å². The summed E-state index contributed by atoms with van der Waals surface area (Å²) < 4.78 is 32.8. The van der Waals surface area contributed by atoms with Crippen molar-refractivity contribution in [1.29, 1.82) is 0 Å². The monoisotopic (exact) mass is 487 g/mol. The normalized spacial score (nSPS) is 10.9. The number of para-hydroxylation sites is 2. The minimum Gasteiger partial charge on any atom is -0.495 e. The average Bonchev–Trinajstić information content (AvgIpc) is 2.82. The lowest BCUT2D eigenvalue weighted by Gasteiger charge is -2.22. The number of anilines is 1. The number of halogens is 1. The first-order chi connectivity index (χ1) is 15.7. The summed E-state index contributed by atoms with van der Waals surface area (Å²) in [5.74, 6) is -0.896. The van der Waals surface area contributed by atoms with Crippen molar-refractivity contribution in [1.82, 2.24) is 10.9 Å². The van der Waals surface area contributed by atoms with Gasteiger partial charge in [0.25, 0.3) is 21.8 Å². The van der Waals surface area contributed by atoms with Crippen LogP contribution in [0.5, 0.6) is 5.75 Å². The molecule has 0 aromatic heterocycles. The fourth-order valence-corrected chi connectivity index (χ4v) is 4.53. The van der Waals surface area contributed by atoms with E-state index in [2.05, 4.69) is 10.9 Å². The van der Waals surface area contributed by atoms with Gasteiger partial charge in [0.05, 0.1) is 28.3 Å². The van der Waals surface area contributed by atoms with E-state index in [-0.39, 0.29) is 21.0 Å². The second kappa shape index (κ2) is 9.93. The third-order valence-electron chi connectivity index (χ3n) is 4.94. The first-order valence-electron chi connectivity index (χ1n) is 9.74. The first kappa shape index (κ1) is 24.1. The van der Waals surface area contributed by atoms with Crippen molar-refractivity contribution in [2.75, 3.05) is 18.5 Å². The van der Waals surface area contributed by atoms with Crippen LogP contribution in [0.1, 0.15) is 26.3 Å². The van der Waals surface area contributed by atoms with Crippen LogP contribution in [0.3, 0.4) is 0 Å². The van der Waals surface area contributed by atoms with Gasteiger partial charge in [-0.1, -0.05) is 41.9 Å². The summed E-state index contributed by atoms with van der Waals surface area (Å²) in [5, 5.41) is 0.230. The molecule has 172 valence electrons. The summed E-state index contributed by atoms with van der Waals surface area (Å²) >= 11 is 6.00. The average molecular weight is 488 g/mol. The zero-order chi connectivity index (χ0) is 24.2. The highest BCUT2D eigenvalue weighted by Gasteiger charge is 2.25. The van der Waals surface area contributed by atoms with Crippen LogP contribution in [-0.2, 0) is 10.0 Å². The molecule has 0 spiro atoms. The number of benzene rings is 3. The summed E-state index contributed by atoms with van der Waals surface area (Å²) in [6, 6.07) is 17.3. The third-order valence-corrected chi connectivity index (χ3v) is 7.04. The van der Waals surface area contributed by atoms with Crippen LogP contribution in [-0.4, -0.2) is 34.4 Å². The summed E-state index contributed by atoms with van der Waals surface area (Å²) in [6.45, 7) is 1.66. The Kier molecular flexibility index (Phi) is 7.25. The fourth-order valence-electron chi connectivity index (χ4n) is 3.08. The summed E-state index contributed by atoms with van der Waals surface area (Å²) in [4.78, 5) is 24.9. The number of hydrazine groups is 1. The maximum absolute atomic E-state index is 13.2. The topological polar surface area (TPSA) is 105 Å². The predicted molar refractivity (Wildman–Crippen MR) is 126 cm³/mol. The molecule has 8 nitrogen and oxygen atoms in total. The van der Waals surface area contributed by atoms with E-state index < -0.39 is 21.8 Å². The Morgan fingerprint density at radius 1 is 0.909 bits per heavy atom. The maximum atomic E-state index is 13.2. The van der Waals surface area contributed by atoms with Crippen molar-refractivity contribution in [3.63, 3.8) is 0 Å². The number of amides is 2. The molecular formula is C23H22ClN3O5S. The van der Waals surface area contributed by atoms with Crippen molar-refractivity contribution in [3.05, 3.63) is 88.4 Å². The second-order valence-electron chi connectivity index (χ2n) is 7.01. The molecule has 2 amide bonds. The summed E-state index contributed by atoms with van der Waals surface area (Å²) in [6.07, 6.45) is 0. The number of aryl methyl sites for hydroxylation is 1. The van der Waals surface area contributed by atoms with E-state index in [0.717, 1.165) is 4.31 Å². The maximum Gasteiger partial charge on any atom is 0.271 e. The number of hydrogen-bond donors (Lipinski definition) is 2. The number of sulfonamides is 1. The Bertz CT molecular complexity index is 1310. The van der Waals surface area contributed by atoms with Gasteiger partial charge in [-0.25, -0.2) is 8.42 Å². The van der Waals surface area contributed by atoms with Crippen LogP contribution in [0.4, 0.5) is 5.69 Å². The van der Waals surface area contributed by atoms with Crippen LogP contribution in [0.25, 0.3) is 0 Å². The van der Waals surface area contributed by atoms with Gasteiger partial charge >= 0.3 is 0 Å². The predicted octanol–water partition coefficient (Wildman–Crippen LogP) is 3.56. The molecule has 0 saturated carbocycles. The van der Waals surface area contributed by atoms with Crippen LogP contribution in [0, 0.1) is 6.92 Å². The Labute approximate surface area is 197 Å². The van der Waals surface area contributed by atoms with Gasteiger partial charge in [0.1, 0.15) is 5.75 Å². The largest absolute Gasteiger partial charge is 0.495 e. The molecule has 33 heavy (non-hydrogen) atoms. The lowest BCUT2D eigenvalue weighted by Crippen LogP contribution is -2.42. The molecule has 3 rings (SSSR count). The lowest BCUT2D eigenvalue weighted by molar-refractivity contribution is 0.0846. The van der Waals surface area contributed by atoms with E-state index >= 15 is 0 Å². The zero-order valence-electron chi connectivity index (χ0n) is 18.1. The molecule has 0 unspecified atom stereocenters. The van der Waals surface area contributed by atoms with E-state index in [4.69, 9.17) is 16.3 Å². The van der Waals surface area contributed by atoms with Gasteiger partial charge in [-0.3, -0.25) is 24.7 Å². The molecule has 0 radical (unpaired) electrons. The van der Waals surface area contributed by atoms with Crippen LogP contribution in [0.2, 0.25) is 5.02 Å². The molecule has 3 aromatic carbocycles. The summed E-state index contributed by atoms with van der Waals surface area (Å²) in [5.41, 5.74) is 5.73. The first-order valence-corrected chi connectivity index (χ1v) is 11.6. The number of ether oxygens (including phenoxy) is 1. The SMILES string of the molecule is COc1ccccc1N(C)S(=O)(=O)c1ccc(C)c(C(=O)NNC(=O)c2ccccc2Cl)c1. The van der Waals surface area contributed by atoms with Crippen molar-refractivity contribution >= 4 is 39.1 Å².